The number of anilines is 2. The number of pyridine rings is 1. The Morgan fingerprint density at radius 1 is 0.964 bits per heavy atom. The van der Waals surface area contributed by atoms with Gasteiger partial charge in [0.05, 0.1) is 5.69 Å². The molecule has 4 aromatic rings. The van der Waals surface area contributed by atoms with Gasteiger partial charge in [-0.15, -0.1) is 0 Å². The van der Waals surface area contributed by atoms with Crippen LogP contribution in [0.1, 0.15) is 16.7 Å². The van der Waals surface area contributed by atoms with Gasteiger partial charge in [-0.05, 0) is 61.4 Å². The lowest BCUT2D eigenvalue weighted by atomic mass is 10.2. The van der Waals surface area contributed by atoms with Crippen molar-refractivity contribution >= 4 is 29.1 Å². The predicted octanol–water partition coefficient (Wildman–Crippen LogP) is 4.81. The van der Waals surface area contributed by atoms with Gasteiger partial charge in [0, 0.05) is 18.1 Å². The number of aliphatic imine (C=N–C) groups is 1. The van der Waals surface area contributed by atoms with Crippen LogP contribution in [-0.2, 0) is 0 Å². The SMILES string of the molecule is Cc1cccc(N=Cc2c(Nc3cccc(C)c3)nc3ccccn3c2=O)c1. The molecule has 4 rings (SSSR count). The summed E-state index contributed by atoms with van der Waals surface area (Å²) in [6.07, 6.45) is 3.30. The molecule has 0 atom stereocenters. The van der Waals surface area contributed by atoms with E-state index in [0.29, 0.717) is 17.0 Å². The molecular formula is C23H20N4O. The monoisotopic (exact) mass is 368 g/mol. The predicted molar refractivity (Wildman–Crippen MR) is 114 cm³/mol. The second-order valence-corrected chi connectivity index (χ2v) is 6.70. The number of fused-ring (bicyclic) bond motifs is 1. The van der Waals surface area contributed by atoms with Crippen LogP contribution in [0.5, 0.6) is 0 Å². The molecule has 0 radical (unpaired) electrons. The van der Waals surface area contributed by atoms with Crippen molar-refractivity contribution in [1.29, 1.82) is 0 Å². The molecule has 0 spiro atoms. The van der Waals surface area contributed by atoms with E-state index < -0.39 is 0 Å². The Hall–Kier alpha value is -3.73. The van der Waals surface area contributed by atoms with Crippen molar-refractivity contribution in [1.82, 2.24) is 9.38 Å². The summed E-state index contributed by atoms with van der Waals surface area (Å²) >= 11 is 0. The maximum absolute atomic E-state index is 13.1. The van der Waals surface area contributed by atoms with Crippen molar-refractivity contribution in [3.8, 4) is 0 Å². The Labute approximate surface area is 163 Å². The lowest BCUT2D eigenvalue weighted by molar-refractivity contribution is 1.04. The van der Waals surface area contributed by atoms with Crippen LogP contribution in [0.25, 0.3) is 5.65 Å². The first-order valence-electron chi connectivity index (χ1n) is 9.06. The van der Waals surface area contributed by atoms with Crippen molar-refractivity contribution in [2.24, 2.45) is 4.99 Å². The van der Waals surface area contributed by atoms with Gasteiger partial charge < -0.3 is 5.32 Å². The Bertz CT molecular complexity index is 1240. The summed E-state index contributed by atoms with van der Waals surface area (Å²) in [6.45, 7) is 4.03. The fourth-order valence-corrected chi connectivity index (χ4v) is 3.02. The van der Waals surface area contributed by atoms with E-state index >= 15 is 0 Å². The van der Waals surface area contributed by atoms with Crippen LogP contribution in [0.4, 0.5) is 17.2 Å². The summed E-state index contributed by atoms with van der Waals surface area (Å²) in [6, 6.07) is 21.3. The number of hydrogen-bond donors (Lipinski definition) is 1. The molecule has 0 aliphatic heterocycles. The number of aryl methyl sites for hydroxylation is 2. The highest BCUT2D eigenvalue weighted by atomic mass is 16.1. The first kappa shape index (κ1) is 17.7. The molecule has 0 amide bonds. The third-order valence-electron chi connectivity index (χ3n) is 4.39. The Kier molecular flexibility index (Phi) is 4.72. The number of nitrogens with zero attached hydrogens (tertiary/aromatic N) is 3. The first-order valence-corrected chi connectivity index (χ1v) is 9.06. The maximum atomic E-state index is 13.1. The molecule has 0 aliphatic rings. The first-order chi connectivity index (χ1) is 13.6. The lowest BCUT2D eigenvalue weighted by Crippen LogP contribution is -2.21. The van der Waals surface area contributed by atoms with Crippen LogP contribution in [0.15, 0.2) is 82.7 Å². The van der Waals surface area contributed by atoms with Gasteiger partial charge >= 0.3 is 0 Å². The highest BCUT2D eigenvalue weighted by molar-refractivity contribution is 5.89. The van der Waals surface area contributed by atoms with Gasteiger partial charge in [0.25, 0.3) is 5.56 Å². The number of rotatable bonds is 4. The molecule has 5 nitrogen and oxygen atoms in total. The molecule has 1 N–H and O–H groups in total. The van der Waals surface area contributed by atoms with Crippen LogP contribution in [0, 0.1) is 13.8 Å². The van der Waals surface area contributed by atoms with E-state index in [2.05, 4.69) is 15.3 Å². The fraction of sp³-hybridized carbons (Fsp3) is 0.0870. The minimum Gasteiger partial charge on any atom is -0.339 e. The molecule has 138 valence electrons. The molecule has 28 heavy (non-hydrogen) atoms. The summed E-state index contributed by atoms with van der Waals surface area (Å²) in [4.78, 5) is 22.2. The molecule has 0 saturated carbocycles. The minimum atomic E-state index is -0.169. The average Bonchev–Trinajstić information content (AvgIpc) is 2.68. The third kappa shape index (κ3) is 3.69. The Morgan fingerprint density at radius 3 is 2.54 bits per heavy atom. The van der Waals surface area contributed by atoms with Gasteiger partial charge in [0.1, 0.15) is 17.0 Å². The summed E-state index contributed by atoms with van der Waals surface area (Å²) in [5, 5.41) is 3.28. The maximum Gasteiger partial charge on any atom is 0.268 e. The normalized spacial score (nSPS) is 11.2. The van der Waals surface area contributed by atoms with Gasteiger partial charge in [-0.25, -0.2) is 4.98 Å². The highest BCUT2D eigenvalue weighted by Crippen LogP contribution is 2.19. The number of aromatic nitrogens is 2. The zero-order valence-electron chi connectivity index (χ0n) is 15.8. The summed E-state index contributed by atoms with van der Waals surface area (Å²) in [7, 11) is 0. The van der Waals surface area contributed by atoms with Crippen LogP contribution in [0.2, 0.25) is 0 Å². The summed E-state index contributed by atoms with van der Waals surface area (Å²) < 4.78 is 1.53. The van der Waals surface area contributed by atoms with Crippen LogP contribution >= 0.6 is 0 Å². The fourth-order valence-electron chi connectivity index (χ4n) is 3.02. The van der Waals surface area contributed by atoms with Crippen molar-refractivity contribution in [3.05, 3.63) is 100.0 Å². The Balaban J connectivity index is 1.84. The molecule has 2 aromatic carbocycles. The van der Waals surface area contributed by atoms with Crippen molar-refractivity contribution in [2.45, 2.75) is 13.8 Å². The van der Waals surface area contributed by atoms with Gasteiger partial charge in [-0.2, -0.15) is 0 Å². The molecule has 0 unspecified atom stereocenters. The average molecular weight is 368 g/mol. The molecule has 0 saturated heterocycles. The van der Waals surface area contributed by atoms with Crippen LogP contribution in [0.3, 0.4) is 0 Å². The number of hydrogen-bond acceptors (Lipinski definition) is 4. The van der Waals surface area contributed by atoms with Gasteiger partial charge in [0.15, 0.2) is 0 Å². The summed E-state index contributed by atoms with van der Waals surface area (Å²) in [5.41, 5.74) is 4.72. The van der Waals surface area contributed by atoms with Crippen molar-refractivity contribution < 1.29 is 0 Å². The lowest BCUT2D eigenvalue weighted by Gasteiger charge is -2.11. The van der Waals surface area contributed by atoms with Crippen LogP contribution in [-0.4, -0.2) is 15.6 Å². The second kappa shape index (κ2) is 7.48. The third-order valence-corrected chi connectivity index (χ3v) is 4.39. The van der Waals surface area contributed by atoms with E-state index in [1.807, 2.05) is 80.6 Å². The second-order valence-electron chi connectivity index (χ2n) is 6.70. The van der Waals surface area contributed by atoms with E-state index in [9.17, 15) is 4.79 Å². The molecule has 2 heterocycles. The Morgan fingerprint density at radius 2 is 1.75 bits per heavy atom. The van der Waals surface area contributed by atoms with E-state index in [4.69, 9.17) is 0 Å². The quantitative estimate of drug-likeness (QED) is 0.526. The van der Waals surface area contributed by atoms with E-state index in [1.165, 1.54) is 4.40 Å². The zero-order valence-corrected chi connectivity index (χ0v) is 15.8. The molecule has 0 fully saturated rings. The molecule has 5 heteroatoms. The minimum absolute atomic E-state index is 0.169. The van der Waals surface area contributed by atoms with Gasteiger partial charge in [-0.1, -0.05) is 30.3 Å². The smallest absolute Gasteiger partial charge is 0.268 e. The largest absolute Gasteiger partial charge is 0.339 e. The highest BCUT2D eigenvalue weighted by Gasteiger charge is 2.11. The number of benzene rings is 2. The topological polar surface area (TPSA) is 58.8 Å². The summed E-state index contributed by atoms with van der Waals surface area (Å²) in [5.74, 6) is 0.484. The van der Waals surface area contributed by atoms with E-state index in [0.717, 1.165) is 22.5 Å². The zero-order chi connectivity index (χ0) is 19.5. The molecule has 0 aliphatic carbocycles. The van der Waals surface area contributed by atoms with E-state index in [1.54, 1.807) is 12.4 Å². The van der Waals surface area contributed by atoms with Gasteiger partial charge in [0.2, 0.25) is 0 Å². The number of nitrogens with one attached hydrogen (secondary N) is 1. The molecule has 2 aromatic heterocycles. The van der Waals surface area contributed by atoms with Crippen molar-refractivity contribution in [3.63, 3.8) is 0 Å². The standard InChI is InChI=1S/C23H20N4O/c1-16-7-5-9-18(13-16)24-15-20-22(25-19-10-6-8-17(2)14-19)26-21-11-3-4-12-27(21)23(20)28/h3-15,25H,1-2H3. The van der Waals surface area contributed by atoms with Gasteiger partial charge in [-0.3, -0.25) is 14.2 Å². The molecular weight excluding hydrogens is 348 g/mol. The van der Waals surface area contributed by atoms with Crippen LogP contribution < -0.4 is 10.9 Å². The molecule has 0 bridgehead atoms. The van der Waals surface area contributed by atoms with Crippen molar-refractivity contribution in [2.75, 3.05) is 5.32 Å². The van der Waals surface area contributed by atoms with E-state index in [-0.39, 0.29) is 5.56 Å².